The summed E-state index contributed by atoms with van der Waals surface area (Å²) in [4.78, 5) is 14.7. The van der Waals surface area contributed by atoms with Crippen molar-refractivity contribution in [2.45, 2.75) is 45.6 Å². The zero-order valence-corrected chi connectivity index (χ0v) is 16.0. The van der Waals surface area contributed by atoms with Crippen molar-refractivity contribution in [1.29, 1.82) is 0 Å². The van der Waals surface area contributed by atoms with E-state index in [0.717, 1.165) is 29.1 Å². The fourth-order valence-corrected chi connectivity index (χ4v) is 6.62. The number of hydrogen-bond donors (Lipinski definition) is 1. The smallest absolute Gasteiger partial charge is 0.265 e. The number of anilines is 1. The van der Waals surface area contributed by atoms with Gasteiger partial charge in [0.05, 0.1) is 39.5 Å². The molecule has 6 nitrogen and oxygen atoms in total. The first-order chi connectivity index (χ1) is 11.8. The van der Waals surface area contributed by atoms with Gasteiger partial charge in [-0.25, -0.2) is 8.42 Å². The van der Waals surface area contributed by atoms with Gasteiger partial charge in [-0.1, -0.05) is 0 Å². The Labute approximate surface area is 151 Å². The molecule has 0 aromatic carbocycles. The summed E-state index contributed by atoms with van der Waals surface area (Å²) in [6, 6.07) is 1.86. The van der Waals surface area contributed by atoms with Crippen LogP contribution in [0.4, 0.5) is 5.69 Å². The van der Waals surface area contributed by atoms with Crippen molar-refractivity contribution in [2.24, 2.45) is 0 Å². The number of amides is 1. The molecule has 1 aliphatic heterocycles. The Morgan fingerprint density at radius 3 is 2.84 bits per heavy atom. The average Bonchev–Trinajstić information content (AvgIpc) is 3.26. The Bertz CT molecular complexity index is 935. The highest BCUT2D eigenvalue weighted by Gasteiger charge is 2.32. The van der Waals surface area contributed by atoms with E-state index in [0.29, 0.717) is 12.1 Å². The number of nitrogens with one attached hydrogen (secondary N) is 1. The molecule has 1 atom stereocenters. The van der Waals surface area contributed by atoms with Crippen LogP contribution in [0.5, 0.6) is 0 Å². The number of aromatic nitrogens is 2. The van der Waals surface area contributed by atoms with Crippen molar-refractivity contribution < 1.29 is 13.2 Å². The van der Waals surface area contributed by atoms with Gasteiger partial charge in [-0.05, 0) is 51.2 Å². The van der Waals surface area contributed by atoms with Gasteiger partial charge in [-0.3, -0.25) is 9.48 Å². The van der Waals surface area contributed by atoms with Gasteiger partial charge >= 0.3 is 0 Å². The standard InChI is InChI=1S/C17H21N3O3S2/c1-10-16(11(2)20(19-10)13-6-7-25(22,23)9-13)18-17(21)15-8-12-4-3-5-14(12)24-15/h8,13H,3-7,9H2,1-2H3,(H,18,21). The van der Waals surface area contributed by atoms with Crippen LogP contribution in [0.3, 0.4) is 0 Å². The van der Waals surface area contributed by atoms with Crippen LogP contribution >= 0.6 is 11.3 Å². The molecule has 1 unspecified atom stereocenters. The van der Waals surface area contributed by atoms with E-state index < -0.39 is 9.84 Å². The summed E-state index contributed by atoms with van der Waals surface area (Å²) in [6.45, 7) is 3.73. The van der Waals surface area contributed by atoms with Crippen LogP contribution < -0.4 is 5.32 Å². The Hall–Kier alpha value is -1.67. The van der Waals surface area contributed by atoms with Crippen LogP contribution in [-0.2, 0) is 22.7 Å². The number of fused-ring (bicyclic) bond motifs is 1. The molecular formula is C17H21N3O3S2. The second-order valence-corrected chi connectivity index (χ2v) is 10.3. The number of sulfone groups is 1. The number of aryl methyl sites for hydroxylation is 3. The summed E-state index contributed by atoms with van der Waals surface area (Å²) in [6.07, 6.45) is 3.89. The number of hydrogen-bond acceptors (Lipinski definition) is 5. The second kappa shape index (κ2) is 5.95. The molecule has 1 amide bonds. The van der Waals surface area contributed by atoms with E-state index in [-0.39, 0.29) is 23.5 Å². The zero-order valence-electron chi connectivity index (χ0n) is 14.3. The minimum absolute atomic E-state index is 0.107. The van der Waals surface area contributed by atoms with E-state index in [1.165, 1.54) is 16.9 Å². The third kappa shape index (κ3) is 3.01. The Kier molecular flexibility index (Phi) is 3.99. The van der Waals surface area contributed by atoms with Crippen LogP contribution in [0, 0.1) is 13.8 Å². The number of carbonyl (C=O) groups is 1. The summed E-state index contributed by atoms with van der Waals surface area (Å²) in [5, 5.41) is 7.48. The SMILES string of the molecule is Cc1nn(C2CCS(=O)(=O)C2)c(C)c1NC(=O)c1cc2c(s1)CCC2. The molecule has 1 saturated heterocycles. The summed E-state index contributed by atoms with van der Waals surface area (Å²) in [7, 11) is -2.98. The van der Waals surface area contributed by atoms with Gasteiger partial charge in [-0.2, -0.15) is 5.10 Å². The van der Waals surface area contributed by atoms with Gasteiger partial charge in [0, 0.05) is 4.88 Å². The van der Waals surface area contributed by atoms with Crippen molar-refractivity contribution >= 4 is 32.8 Å². The quantitative estimate of drug-likeness (QED) is 0.889. The Morgan fingerprint density at radius 2 is 2.16 bits per heavy atom. The molecule has 0 bridgehead atoms. The van der Waals surface area contributed by atoms with Crippen LogP contribution in [0.1, 0.15) is 50.4 Å². The summed E-state index contributed by atoms with van der Waals surface area (Å²) in [5.74, 6) is 0.225. The molecule has 0 radical (unpaired) electrons. The van der Waals surface area contributed by atoms with Crippen molar-refractivity contribution in [3.63, 3.8) is 0 Å². The maximum Gasteiger partial charge on any atom is 0.265 e. The largest absolute Gasteiger partial charge is 0.318 e. The van der Waals surface area contributed by atoms with E-state index in [1.807, 2.05) is 19.9 Å². The van der Waals surface area contributed by atoms with E-state index in [4.69, 9.17) is 0 Å². The van der Waals surface area contributed by atoms with Gasteiger partial charge < -0.3 is 5.32 Å². The maximum absolute atomic E-state index is 12.6. The zero-order chi connectivity index (χ0) is 17.8. The van der Waals surface area contributed by atoms with E-state index in [9.17, 15) is 13.2 Å². The lowest BCUT2D eigenvalue weighted by molar-refractivity contribution is 0.103. The average molecular weight is 380 g/mol. The van der Waals surface area contributed by atoms with Crippen molar-refractivity contribution in [1.82, 2.24) is 9.78 Å². The van der Waals surface area contributed by atoms with Crippen LogP contribution in [0.2, 0.25) is 0 Å². The highest BCUT2D eigenvalue weighted by Crippen LogP contribution is 2.32. The molecule has 8 heteroatoms. The van der Waals surface area contributed by atoms with Gasteiger partial charge in [0.2, 0.25) is 0 Å². The molecule has 1 fully saturated rings. The lowest BCUT2D eigenvalue weighted by atomic mass is 10.2. The maximum atomic E-state index is 12.6. The normalized spacial score (nSPS) is 21.4. The van der Waals surface area contributed by atoms with Crippen molar-refractivity contribution in [3.8, 4) is 0 Å². The number of nitrogens with zero attached hydrogens (tertiary/aromatic N) is 2. The molecule has 4 rings (SSSR count). The molecule has 2 aliphatic rings. The number of carbonyl (C=O) groups excluding carboxylic acids is 1. The first-order valence-electron chi connectivity index (χ1n) is 8.53. The van der Waals surface area contributed by atoms with Crippen LogP contribution in [0.25, 0.3) is 0 Å². The molecule has 2 aromatic rings. The molecule has 134 valence electrons. The fourth-order valence-electron chi connectivity index (χ4n) is 3.78. The predicted molar refractivity (Wildman–Crippen MR) is 98.3 cm³/mol. The topological polar surface area (TPSA) is 81.1 Å². The third-order valence-electron chi connectivity index (χ3n) is 5.09. The van der Waals surface area contributed by atoms with E-state index in [1.54, 1.807) is 16.0 Å². The van der Waals surface area contributed by atoms with Gasteiger partial charge in [0.1, 0.15) is 0 Å². The highest BCUT2D eigenvalue weighted by atomic mass is 32.2. The second-order valence-electron chi connectivity index (χ2n) is 6.91. The molecular weight excluding hydrogens is 358 g/mol. The molecule has 1 aliphatic carbocycles. The Balaban J connectivity index is 1.57. The minimum Gasteiger partial charge on any atom is -0.318 e. The lowest BCUT2D eigenvalue weighted by Crippen LogP contribution is -2.15. The third-order valence-corrected chi connectivity index (χ3v) is 8.07. The number of rotatable bonds is 3. The fraction of sp³-hybridized carbons (Fsp3) is 0.529. The predicted octanol–water partition coefficient (Wildman–Crippen LogP) is 2.66. The first kappa shape index (κ1) is 16.8. The summed E-state index contributed by atoms with van der Waals surface area (Å²) in [5.41, 5.74) is 3.54. The Morgan fingerprint density at radius 1 is 1.36 bits per heavy atom. The first-order valence-corrected chi connectivity index (χ1v) is 11.2. The molecule has 1 N–H and O–H groups in total. The summed E-state index contributed by atoms with van der Waals surface area (Å²) < 4.78 is 25.2. The highest BCUT2D eigenvalue weighted by molar-refractivity contribution is 7.91. The number of thiophene rings is 1. The molecule has 2 aromatic heterocycles. The molecule has 25 heavy (non-hydrogen) atoms. The monoisotopic (exact) mass is 379 g/mol. The van der Waals surface area contributed by atoms with E-state index >= 15 is 0 Å². The lowest BCUT2D eigenvalue weighted by Gasteiger charge is -2.11. The summed E-state index contributed by atoms with van der Waals surface area (Å²) >= 11 is 1.57. The molecule has 0 saturated carbocycles. The van der Waals surface area contributed by atoms with E-state index in [2.05, 4.69) is 10.4 Å². The van der Waals surface area contributed by atoms with Crippen LogP contribution in [0.15, 0.2) is 6.07 Å². The van der Waals surface area contributed by atoms with Gasteiger partial charge in [0.25, 0.3) is 5.91 Å². The van der Waals surface area contributed by atoms with Crippen LogP contribution in [-0.4, -0.2) is 35.6 Å². The minimum atomic E-state index is -2.98. The van der Waals surface area contributed by atoms with Gasteiger partial charge in [-0.15, -0.1) is 11.3 Å². The molecule has 3 heterocycles. The van der Waals surface area contributed by atoms with Crippen molar-refractivity contribution in [3.05, 3.63) is 32.8 Å². The van der Waals surface area contributed by atoms with Gasteiger partial charge in [0.15, 0.2) is 9.84 Å². The van der Waals surface area contributed by atoms with Crippen molar-refractivity contribution in [2.75, 3.05) is 16.8 Å². The molecule has 0 spiro atoms.